The average molecular weight is 209 g/mol. The van der Waals surface area contributed by atoms with Crippen molar-refractivity contribution in [2.75, 3.05) is 12.3 Å². The van der Waals surface area contributed by atoms with Crippen LogP contribution >= 0.6 is 0 Å². The Bertz CT molecular complexity index is 308. The normalized spacial score (nSPS) is 18.0. The zero-order valence-corrected chi connectivity index (χ0v) is 8.93. The molecule has 0 radical (unpaired) electrons. The van der Waals surface area contributed by atoms with Crippen LogP contribution in [0.5, 0.6) is 0 Å². The maximum atomic E-state index is 11.7. The Morgan fingerprint density at radius 2 is 2.00 bits per heavy atom. The van der Waals surface area contributed by atoms with Gasteiger partial charge in [0.2, 0.25) is 0 Å². The van der Waals surface area contributed by atoms with Crippen molar-refractivity contribution in [3.8, 4) is 0 Å². The van der Waals surface area contributed by atoms with Gasteiger partial charge in [0.05, 0.1) is 10.8 Å². The molecule has 76 valence electrons. The lowest BCUT2D eigenvalue weighted by molar-refractivity contribution is 0.672. The van der Waals surface area contributed by atoms with Gasteiger partial charge in [-0.15, -0.1) is 0 Å². The molecule has 1 atom stereocenters. The molecule has 1 fully saturated rings. The fourth-order valence-electron chi connectivity index (χ4n) is 1.33. The van der Waals surface area contributed by atoms with Crippen LogP contribution in [0.4, 0.5) is 0 Å². The Morgan fingerprint density at radius 1 is 1.29 bits per heavy atom. The van der Waals surface area contributed by atoms with E-state index in [1.807, 2.05) is 30.3 Å². The minimum absolute atomic E-state index is 0.711. The van der Waals surface area contributed by atoms with Gasteiger partial charge in [0.25, 0.3) is 0 Å². The van der Waals surface area contributed by atoms with Gasteiger partial charge in [-0.1, -0.05) is 18.2 Å². The highest BCUT2D eigenvalue weighted by Gasteiger charge is 2.19. The second-order valence-corrected chi connectivity index (χ2v) is 5.16. The van der Waals surface area contributed by atoms with Crippen molar-refractivity contribution in [3.63, 3.8) is 0 Å². The van der Waals surface area contributed by atoms with Crippen molar-refractivity contribution in [3.05, 3.63) is 30.3 Å². The molecule has 2 nitrogen and oxygen atoms in total. The topological polar surface area (TPSA) is 29.1 Å². The fraction of sp³-hybridized carbons (Fsp3) is 0.455. The summed E-state index contributed by atoms with van der Waals surface area (Å²) >= 11 is 0. The van der Waals surface area contributed by atoms with E-state index in [0.717, 1.165) is 17.2 Å². The molecule has 0 spiro atoms. The van der Waals surface area contributed by atoms with E-state index in [-0.39, 0.29) is 0 Å². The largest absolute Gasteiger partial charge is 0.313 e. The van der Waals surface area contributed by atoms with Gasteiger partial charge in [-0.05, 0) is 25.0 Å². The minimum atomic E-state index is -0.835. The van der Waals surface area contributed by atoms with E-state index in [1.165, 1.54) is 12.8 Å². The first-order valence-corrected chi connectivity index (χ1v) is 6.35. The number of rotatable bonds is 5. The summed E-state index contributed by atoms with van der Waals surface area (Å²) in [5.74, 6) is 0.723. The molecule has 0 aromatic heterocycles. The second-order valence-electron chi connectivity index (χ2n) is 3.59. The smallest absolute Gasteiger partial charge is 0.0542 e. The lowest BCUT2D eigenvalue weighted by Gasteiger charge is -2.02. The third-order valence-electron chi connectivity index (χ3n) is 2.30. The quantitative estimate of drug-likeness (QED) is 0.797. The molecule has 3 heteroatoms. The molecule has 1 unspecified atom stereocenters. The highest BCUT2D eigenvalue weighted by atomic mass is 32.2. The molecule has 0 heterocycles. The molecule has 0 saturated heterocycles. The number of benzene rings is 1. The van der Waals surface area contributed by atoms with Crippen LogP contribution in [0.2, 0.25) is 0 Å². The Hall–Kier alpha value is -0.670. The maximum Gasteiger partial charge on any atom is 0.0542 e. The Labute approximate surface area is 87.2 Å². The van der Waals surface area contributed by atoms with Crippen LogP contribution in [0.15, 0.2) is 35.2 Å². The molecule has 1 aliphatic rings. The number of hydrogen-bond donors (Lipinski definition) is 1. The van der Waals surface area contributed by atoms with Crippen LogP contribution < -0.4 is 5.32 Å². The van der Waals surface area contributed by atoms with Crippen molar-refractivity contribution >= 4 is 10.8 Å². The van der Waals surface area contributed by atoms with E-state index >= 15 is 0 Å². The lowest BCUT2D eigenvalue weighted by Crippen LogP contribution is -2.22. The Balaban J connectivity index is 1.77. The average Bonchev–Trinajstić information content (AvgIpc) is 3.03. The molecule has 0 amide bonds. The summed E-state index contributed by atoms with van der Waals surface area (Å²) in [4.78, 5) is 0.935. The predicted molar refractivity (Wildman–Crippen MR) is 58.7 cm³/mol. The van der Waals surface area contributed by atoms with E-state index in [1.54, 1.807) is 0 Å². The van der Waals surface area contributed by atoms with Gasteiger partial charge in [-0.3, -0.25) is 4.21 Å². The molecule has 1 N–H and O–H groups in total. The predicted octanol–water partition coefficient (Wildman–Crippen LogP) is 1.55. The summed E-state index contributed by atoms with van der Waals surface area (Å²) in [6.45, 7) is 0.867. The molecule has 1 aromatic carbocycles. The van der Waals surface area contributed by atoms with E-state index in [0.29, 0.717) is 6.04 Å². The SMILES string of the molecule is O=S(CCNC1CC1)c1ccccc1. The minimum Gasteiger partial charge on any atom is -0.313 e. The first-order chi connectivity index (χ1) is 6.86. The standard InChI is InChI=1S/C11H15NOS/c13-14(9-8-12-10-6-7-10)11-4-2-1-3-5-11/h1-5,10,12H,6-9H2. The molecule has 1 aromatic rings. The van der Waals surface area contributed by atoms with Crippen molar-refractivity contribution in [1.29, 1.82) is 0 Å². The molecular formula is C11H15NOS. The van der Waals surface area contributed by atoms with Crippen LogP contribution in [0, 0.1) is 0 Å². The summed E-state index contributed by atoms with van der Waals surface area (Å²) in [5, 5.41) is 3.36. The van der Waals surface area contributed by atoms with E-state index in [4.69, 9.17) is 0 Å². The molecule has 1 saturated carbocycles. The van der Waals surface area contributed by atoms with Crippen molar-refractivity contribution in [2.45, 2.75) is 23.8 Å². The summed E-state index contributed by atoms with van der Waals surface area (Å²) < 4.78 is 11.7. The number of hydrogen-bond acceptors (Lipinski definition) is 2. The fourth-order valence-corrected chi connectivity index (χ4v) is 2.33. The maximum absolute atomic E-state index is 11.7. The molecule has 0 aliphatic heterocycles. The van der Waals surface area contributed by atoms with E-state index in [9.17, 15) is 4.21 Å². The number of nitrogens with one attached hydrogen (secondary N) is 1. The zero-order valence-electron chi connectivity index (χ0n) is 8.11. The van der Waals surface area contributed by atoms with Crippen LogP contribution in [-0.4, -0.2) is 22.5 Å². The Morgan fingerprint density at radius 3 is 2.64 bits per heavy atom. The monoisotopic (exact) mass is 209 g/mol. The second kappa shape index (κ2) is 4.71. The summed E-state index contributed by atoms with van der Waals surface area (Å²) in [6, 6.07) is 10.4. The van der Waals surface area contributed by atoms with Crippen molar-refractivity contribution in [2.24, 2.45) is 0 Å². The van der Waals surface area contributed by atoms with Gasteiger partial charge >= 0.3 is 0 Å². The molecule has 1 aliphatic carbocycles. The lowest BCUT2D eigenvalue weighted by atomic mass is 10.4. The van der Waals surface area contributed by atoms with Crippen LogP contribution in [-0.2, 0) is 10.8 Å². The first-order valence-electron chi connectivity index (χ1n) is 5.03. The van der Waals surface area contributed by atoms with Crippen LogP contribution in [0.25, 0.3) is 0 Å². The molecule has 14 heavy (non-hydrogen) atoms. The van der Waals surface area contributed by atoms with Gasteiger partial charge in [-0.25, -0.2) is 0 Å². The van der Waals surface area contributed by atoms with Gasteiger partial charge in [0.1, 0.15) is 0 Å². The third-order valence-corrected chi connectivity index (χ3v) is 3.68. The molecule has 2 rings (SSSR count). The van der Waals surface area contributed by atoms with Crippen LogP contribution in [0.3, 0.4) is 0 Å². The third kappa shape index (κ3) is 2.93. The van der Waals surface area contributed by atoms with Gasteiger partial charge < -0.3 is 5.32 Å². The molecule has 0 bridgehead atoms. The van der Waals surface area contributed by atoms with E-state index < -0.39 is 10.8 Å². The summed E-state index contributed by atoms with van der Waals surface area (Å²) in [6.07, 6.45) is 2.58. The highest BCUT2D eigenvalue weighted by Crippen LogP contribution is 2.18. The van der Waals surface area contributed by atoms with Crippen molar-refractivity contribution in [1.82, 2.24) is 5.32 Å². The van der Waals surface area contributed by atoms with Gasteiger partial charge in [-0.2, -0.15) is 0 Å². The van der Waals surface area contributed by atoms with Crippen molar-refractivity contribution < 1.29 is 4.21 Å². The summed E-state index contributed by atoms with van der Waals surface area (Å²) in [5.41, 5.74) is 0. The first kappa shape index (κ1) is 9.87. The molecular weight excluding hydrogens is 194 g/mol. The zero-order chi connectivity index (χ0) is 9.80. The van der Waals surface area contributed by atoms with E-state index in [2.05, 4.69) is 5.32 Å². The van der Waals surface area contributed by atoms with Crippen LogP contribution in [0.1, 0.15) is 12.8 Å². The Kier molecular flexibility index (Phi) is 3.32. The van der Waals surface area contributed by atoms with Gasteiger partial charge in [0.15, 0.2) is 0 Å². The highest BCUT2D eigenvalue weighted by molar-refractivity contribution is 7.85. The summed E-state index contributed by atoms with van der Waals surface area (Å²) in [7, 11) is -0.835. The van der Waals surface area contributed by atoms with Gasteiger partial charge in [0, 0.05) is 23.2 Å².